The number of hydrogen-bond acceptors (Lipinski definition) is 3. The average Bonchev–Trinajstić information content (AvgIpc) is 2.69. The van der Waals surface area contributed by atoms with Crippen molar-refractivity contribution in [2.75, 3.05) is 11.9 Å². The van der Waals surface area contributed by atoms with Crippen LogP contribution in [0, 0.1) is 0 Å². The van der Waals surface area contributed by atoms with Gasteiger partial charge in [0.15, 0.2) is 0 Å². The van der Waals surface area contributed by atoms with E-state index in [-0.39, 0.29) is 11.9 Å². The van der Waals surface area contributed by atoms with E-state index in [1.165, 1.54) is 0 Å². The second-order valence-electron chi connectivity index (χ2n) is 6.13. The molecule has 0 aromatic heterocycles. The van der Waals surface area contributed by atoms with E-state index in [2.05, 4.69) is 28.2 Å². The fourth-order valence-corrected chi connectivity index (χ4v) is 2.78. The molecule has 0 spiro atoms. The third-order valence-electron chi connectivity index (χ3n) is 3.92. The number of carbonyl (C=O) groups is 2. The van der Waals surface area contributed by atoms with E-state index in [0.29, 0.717) is 22.3 Å². The van der Waals surface area contributed by atoms with Crippen molar-refractivity contribution >= 4 is 39.6 Å². The van der Waals surface area contributed by atoms with E-state index >= 15 is 0 Å². The smallest absolute Gasteiger partial charge is 0.338 e. The summed E-state index contributed by atoms with van der Waals surface area (Å²) in [5.74, 6) is -0.598. The summed E-state index contributed by atoms with van der Waals surface area (Å²) in [5.41, 5.74) is 2.01. The van der Waals surface area contributed by atoms with E-state index in [9.17, 15) is 9.59 Å². The highest BCUT2D eigenvalue weighted by Gasteiger charge is 2.09. The Morgan fingerprint density at radius 1 is 1.00 bits per heavy atom. The Hall–Kier alpha value is -2.40. The first-order valence-corrected chi connectivity index (χ1v) is 9.90. The molecule has 0 aliphatic rings. The number of anilines is 1. The molecule has 0 radical (unpaired) electrons. The van der Waals surface area contributed by atoms with Crippen LogP contribution in [-0.2, 0) is 9.53 Å². The lowest BCUT2D eigenvalue weighted by Crippen LogP contribution is -2.11. The minimum atomic E-state index is -0.338. The molecule has 0 aliphatic heterocycles. The van der Waals surface area contributed by atoms with Gasteiger partial charge in [-0.25, -0.2) is 4.79 Å². The van der Waals surface area contributed by atoms with Crippen molar-refractivity contribution in [1.29, 1.82) is 0 Å². The number of halogens is 1. The summed E-state index contributed by atoms with van der Waals surface area (Å²) in [7, 11) is 0. The van der Waals surface area contributed by atoms with Gasteiger partial charge in [-0.3, -0.25) is 4.79 Å². The zero-order valence-corrected chi connectivity index (χ0v) is 17.0. The van der Waals surface area contributed by atoms with Gasteiger partial charge in [0, 0.05) is 5.69 Å². The van der Waals surface area contributed by atoms with E-state index in [0.717, 1.165) is 31.2 Å². The van der Waals surface area contributed by atoms with Gasteiger partial charge in [0.25, 0.3) is 5.91 Å². The molecule has 4 nitrogen and oxygen atoms in total. The van der Waals surface area contributed by atoms with Gasteiger partial charge in [-0.05, 0) is 58.3 Å². The maximum absolute atomic E-state index is 12.2. The molecule has 5 heteroatoms. The number of unbranched alkanes of at least 4 members (excludes halogenated alkanes) is 3. The van der Waals surface area contributed by atoms with Crippen molar-refractivity contribution < 1.29 is 14.3 Å². The van der Waals surface area contributed by atoms with Gasteiger partial charge >= 0.3 is 5.97 Å². The lowest BCUT2D eigenvalue weighted by atomic mass is 10.2. The lowest BCUT2D eigenvalue weighted by molar-refractivity contribution is -0.112. The van der Waals surface area contributed by atoms with E-state index in [1.807, 2.05) is 30.3 Å². The average molecular weight is 430 g/mol. The van der Waals surface area contributed by atoms with Crippen molar-refractivity contribution in [2.45, 2.75) is 32.6 Å². The number of nitrogens with one attached hydrogen (secondary N) is 1. The van der Waals surface area contributed by atoms with Crippen molar-refractivity contribution in [3.63, 3.8) is 0 Å². The van der Waals surface area contributed by atoms with Gasteiger partial charge in [-0.15, -0.1) is 0 Å². The van der Waals surface area contributed by atoms with Crippen LogP contribution in [0.15, 0.2) is 59.1 Å². The standard InChI is InChI=1S/C22H24BrNO3/c1-2-3-4-8-15-27-22(26)18-11-13-19(14-12-18)24-21(25)20(23)16-17-9-6-5-7-10-17/h5-7,9-14,16H,2-4,8,15H2,1H3,(H,24,25). The fourth-order valence-electron chi connectivity index (χ4n) is 2.42. The summed E-state index contributed by atoms with van der Waals surface area (Å²) in [6, 6.07) is 16.2. The van der Waals surface area contributed by atoms with Gasteiger partial charge < -0.3 is 10.1 Å². The monoisotopic (exact) mass is 429 g/mol. The van der Waals surface area contributed by atoms with Gasteiger partial charge in [0.1, 0.15) is 0 Å². The predicted molar refractivity (Wildman–Crippen MR) is 113 cm³/mol. The van der Waals surface area contributed by atoms with Crippen molar-refractivity contribution in [1.82, 2.24) is 0 Å². The second kappa shape index (κ2) is 11.3. The molecule has 0 fully saturated rings. The van der Waals surface area contributed by atoms with Gasteiger partial charge in [-0.2, -0.15) is 0 Å². The zero-order chi connectivity index (χ0) is 19.5. The minimum absolute atomic E-state index is 0.259. The Morgan fingerprint density at radius 3 is 2.37 bits per heavy atom. The summed E-state index contributed by atoms with van der Waals surface area (Å²) in [6.45, 7) is 2.58. The Balaban J connectivity index is 1.86. The zero-order valence-electron chi connectivity index (χ0n) is 15.4. The molecule has 2 aromatic rings. The van der Waals surface area contributed by atoms with Crippen LogP contribution in [0.4, 0.5) is 5.69 Å². The normalized spacial score (nSPS) is 11.1. The molecule has 0 saturated carbocycles. The van der Waals surface area contributed by atoms with Crippen LogP contribution in [0.1, 0.15) is 48.5 Å². The highest BCUT2D eigenvalue weighted by atomic mass is 79.9. The lowest BCUT2D eigenvalue weighted by Gasteiger charge is -2.07. The fraction of sp³-hybridized carbons (Fsp3) is 0.273. The molecular formula is C22H24BrNO3. The number of esters is 1. The van der Waals surface area contributed by atoms with Crippen LogP contribution in [0.2, 0.25) is 0 Å². The number of carbonyl (C=O) groups excluding carboxylic acids is 2. The third-order valence-corrected chi connectivity index (χ3v) is 4.51. The van der Waals surface area contributed by atoms with Crippen molar-refractivity contribution in [3.8, 4) is 0 Å². The number of hydrogen-bond donors (Lipinski definition) is 1. The summed E-state index contributed by atoms with van der Waals surface area (Å²) >= 11 is 3.30. The first-order chi connectivity index (χ1) is 13.1. The molecule has 1 amide bonds. The summed E-state index contributed by atoms with van der Waals surface area (Å²) in [5, 5.41) is 2.79. The van der Waals surface area contributed by atoms with Gasteiger partial charge in [0.05, 0.1) is 16.7 Å². The van der Waals surface area contributed by atoms with Crippen LogP contribution < -0.4 is 5.32 Å². The summed E-state index contributed by atoms with van der Waals surface area (Å²) < 4.78 is 5.68. The molecule has 0 saturated heterocycles. The van der Waals surface area contributed by atoms with E-state index in [4.69, 9.17) is 4.74 Å². The molecule has 0 atom stereocenters. The molecule has 0 bridgehead atoms. The molecule has 0 aliphatic carbocycles. The van der Waals surface area contributed by atoms with Gasteiger partial charge in [-0.1, -0.05) is 56.5 Å². The number of benzene rings is 2. The number of ether oxygens (including phenoxy) is 1. The van der Waals surface area contributed by atoms with Crippen LogP contribution in [0.3, 0.4) is 0 Å². The topological polar surface area (TPSA) is 55.4 Å². The second-order valence-corrected chi connectivity index (χ2v) is 6.99. The Kier molecular flexibility index (Phi) is 8.78. The Labute approximate surface area is 168 Å². The molecule has 0 heterocycles. The molecule has 2 rings (SSSR count). The van der Waals surface area contributed by atoms with E-state index < -0.39 is 0 Å². The SMILES string of the molecule is CCCCCCOC(=O)c1ccc(NC(=O)C(Br)=Cc2ccccc2)cc1. The van der Waals surface area contributed by atoms with Crippen LogP contribution in [-0.4, -0.2) is 18.5 Å². The van der Waals surface area contributed by atoms with Crippen LogP contribution in [0.5, 0.6) is 0 Å². The molecule has 2 aromatic carbocycles. The van der Waals surface area contributed by atoms with Crippen molar-refractivity contribution in [3.05, 3.63) is 70.2 Å². The molecule has 1 N–H and O–H groups in total. The van der Waals surface area contributed by atoms with Gasteiger partial charge in [0.2, 0.25) is 0 Å². The Bertz CT molecular complexity index is 770. The first-order valence-electron chi connectivity index (χ1n) is 9.11. The third kappa shape index (κ3) is 7.39. The summed E-state index contributed by atoms with van der Waals surface area (Å²) in [6.07, 6.45) is 6.01. The minimum Gasteiger partial charge on any atom is -0.462 e. The van der Waals surface area contributed by atoms with Crippen molar-refractivity contribution in [2.24, 2.45) is 0 Å². The predicted octanol–water partition coefficient (Wildman–Crippen LogP) is 5.80. The largest absolute Gasteiger partial charge is 0.462 e. The number of amides is 1. The Morgan fingerprint density at radius 2 is 1.70 bits per heavy atom. The molecule has 0 unspecified atom stereocenters. The van der Waals surface area contributed by atoms with Crippen LogP contribution >= 0.6 is 15.9 Å². The maximum atomic E-state index is 12.2. The van der Waals surface area contributed by atoms with Crippen LogP contribution in [0.25, 0.3) is 6.08 Å². The molecule has 142 valence electrons. The highest BCUT2D eigenvalue weighted by Crippen LogP contribution is 2.16. The number of rotatable bonds is 9. The first kappa shape index (κ1) is 20.9. The quantitative estimate of drug-likeness (QED) is 0.311. The highest BCUT2D eigenvalue weighted by molar-refractivity contribution is 9.12. The summed E-state index contributed by atoms with van der Waals surface area (Å²) in [4.78, 5) is 24.2. The van der Waals surface area contributed by atoms with E-state index in [1.54, 1.807) is 30.3 Å². The molecule has 27 heavy (non-hydrogen) atoms. The molecular weight excluding hydrogens is 406 g/mol. The maximum Gasteiger partial charge on any atom is 0.338 e.